The van der Waals surface area contributed by atoms with Gasteiger partial charge in [0.15, 0.2) is 0 Å². The van der Waals surface area contributed by atoms with E-state index in [0.717, 1.165) is 37.1 Å². The second-order valence-electron chi connectivity index (χ2n) is 5.79. The minimum absolute atomic E-state index is 0.722. The lowest BCUT2D eigenvalue weighted by Gasteiger charge is -2.25. The molecule has 0 radical (unpaired) electrons. The number of hydrogen-bond donors (Lipinski definition) is 0. The van der Waals surface area contributed by atoms with E-state index in [1.165, 1.54) is 5.56 Å². The van der Waals surface area contributed by atoms with E-state index < -0.39 is 0 Å². The Kier molecular flexibility index (Phi) is 5.62. The smallest absolute Gasteiger partial charge is 0.232 e. The first kappa shape index (κ1) is 17.0. The fraction of sp³-hybridized carbons (Fsp3) is 0.238. The highest BCUT2D eigenvalue weighted by Gasteiger charge is 2.14. The summed E-state index contributed by atoms with van der Waals surface area (Å²) in [5.74, 6) is 1.68. The predicted octanol–water partition coefficient (Wildman–Crippen LogP) is 4.66. The third-order valence-electron chi connectivity index (χ3n) is 4.21. The maximum absolute atomic E-state index is 4.83. The molecule has 4 nitrogen and oxygen atoms in total. The molecule has 4 heteroatoms. The molecule has 0 saturated heterocycles. The molecular formula is C21H24N4. The first-order valence-electron chi connectivity index (χ1n) is 8.76. The van der Waals surface area contributed by atoms with Gasteiger partial charge in [-0.25, -0.2) is 4.98 Å². The van der Waals surface area contributed by atoms with Crippen LogP contribution in [0.3, 0.4) is 0 Å². The quantitative estimate of drug-likeness (QED) is 0.630. The van der Waals surface area contributed by atoms with Crippen molar-refractivity contribution in [3.63, 3.8) is 0 Å². The lowest BCUT2D eigenvalue weighted by Crippen LogP contribution is -2.25. The Morgan fingerprint density at radius 1 is 0.800 bits per heavy atom. The van der Waals surface area contributed by atoms with Crippen molar-refractivity contribution in [2.24, 2.45) is 0 Å². The van der Waals surface area contributed by atoms with Gasteiger partial charge in [-0.15, -0.1) is 0 Å². The van der Waals surface area contributed by atoms with E-state index in [1.807, 2.05) is 36.5 Å². The number of anilines is 3. The van der Waals surface area contributed by atoms with E-state index >= 15 is 0 Å². The van der Waals surface area contributed by atoms with Gasteiger partial charge in [0, 0.05) is 25.0 Å². The Morgan fingerprint density at radius 3 is 2.08 bits per heavy atom. The number of para-hydroxylation sites is 1. The topological polar surface area (TPSA) is 32.3 Å². The first-order chi connectivity index (χ1) is 12.3. The molecule has 0 fully saturated rings. The van der Waals surface area contributed by atoms with Crippen molar-refractivity contribution >= 4 is 17.5 Å². The molecule has 25 heavy (non-hydrogen) atoms. The Bertz CT molecular complexity index is 770. The molecule has 1 heterocycles. The zero-order valence-corrected chi connectivity index (χ0v) is 14.8. The number of benzene rings is 2. The monoisotopic (exact) mass is 332 g/mol. The van der Waals surface area contributed by atoms with Crippen LogP contribution in [0, 0.1) is 0 Å². The van der Waals surface area contributed by atoms with Gasteiger partial charge in [-0.1, -0.05) is 48.5 Å². The second kappa shape index (κ2) is 8.29. The Hall–Kier alpha value is -2.88. The van der Waals surface area contributed by atoms with Gasteiger partial charge in [-0.05, 0) is 37.6 Å². The van der Waals surface area contributed by atoms with E-state index in [2.05, 4.69) is 65.0 Å². The van der Waals surface area contributed by atoms with E-state index in [4.69, 9.17) is 4.98 Å². The molecule has 0 aliphatic rings. The molecule has 3 aromatic rings. The molecule has 0 aliphatic carbocycles. The standard InChI is InChI=1S/C21H24N4/c1-3-24(4-2)20-15-16-22-21(23-20)25(19-13-9-6-10-14-19)17-18-11-7-5-8-12-18/h5-16H,3-4,17H2,1-2H3. The minimum atomic E-state index is 0.722. The maximum Gasteiger partial charge on any atom is 0.232 e. The van der Waals surface area contributed by atoms with Crippen LogP contribution in [0.15, 0.2) is 72.9 Å². The predicted molar refractivity (Wildman–Crippen MR) is 104 cm³/mol. The Morgan fingerprint density at radius 2 is 1.44 bits per heavy atom. The lowest BCUT2D eigenvalue weighted by molar-refractivity contribution is 0.830. The highest BCUT2D eigenvalue weighted by atomic mass is 15.3. The normalized spacial score (nSPS) is 10.5. The molecule has 0 spiro atoms. The molecule has 0 saturated carbocycles. The molecule has 0 aliphatic heterocycles. The van der Waals surface area contributed by atoms with Gasteiger partial charge >= 0.3 is 0 Å². The maximum atomic E-state index is 4.83. The largest absolute Gasteiger partial charge is 0.357 e. The van der Waals surface area contributed by atoms with Gasteiger partial charge in [0.05, 0.1) is 6.54 Å². The summed E-state index contributed by atoms with van der Waals surface area (Å²) < 4.78 is 0. The van der Waals surface area contributed by atoms with Crippen molar-refractivity contribution in [2.45, 2.75) is 20.4 Å². The molecule has 0 amide bonds. The molecule has 128 valence electrons. The summed E-state index contributed by atoms with van der Waals surface area (Å²) in [6, 6.07) is 22.7. The van der Waals surface area contributed by atoms with Crippen LogP contribution in [0.2, 0.25) is 0 Å². The average molecular weight is 332 g/mol. The van der Waals surface area contributed by atoms with Crippen LogP contribution in [-0.4, -0.2) is 23.1 Å². The number of hydrogen-bond acceptors (Lipinski definition) is 4. The summed E-state index contributed by atoms with van der Waals surface area (Å²) in [5, 5.41) is 0. The molecule has 1 aromatic heterocycles. The van der Waals surface area contributed by atoms with E-state index in [9.17, 15) is 0 Å². The minimum Gasteiger partial charge on any atom is -0.357 e. The van der Waals surface area contributed by atoms with Crippen molar-refractivity contribution in [1.82, 2.24) is 9.97 Å². The SMILES string of the molecule is CCN(CC)c1ccnc(N(Cc2ccccc2)c2ccccc2)n1. The van der Waals surface area contributed by atoms with Crippen LogP contribution >= 0.6 is 0 Å². The van der Waals surface area contributed by atoms with E-state index in [1.54, 1.807) is 0 Å². The summed E-state index contributed by atoms with van der Waals surface area (Å²) in [4.78, 5) is 13.8. The van der Waals surface area contributed by atoms with Crippen LogP contribution in [0.4, 0.5) is 17.5 Å². The number of rotatable bonds is 7. The summed E-state index contributed by atoms with van der Waals surface area (Å²) in [5.41, 5.74) is 2.31. The van der Waals surface area contributed by atoms with E-state index in [-0.39, 0.29) is 0 Å². The van der Waals surface area contributed by atoms with Crippen LogP contribution < -0.4 is 9.80 Å². The van der Waals surface area contributed by atoms with E-state index in [0.29, 0.717) is 0 Å². The summed E-state index contributed by atoms with van der Waals surface area (Å²) in [6.45, 7) is 6.87. The highest BCUT2D eigenvalue weighted by Crippen LogP contribution is 2.25. The molecule has 0 N–H and O–H groups in total. The fourth-order valence-corrected chi connectivity index (χ4v) is 2.84. The molecule has 3 rings (SSSR count). The fourth-order valence-electron chi connectivity index (χ4n) is 2.84. The lowest BCUT2D eigenvalue weighted by atomic mass is 10.2. The van der Waals surface area contributed by atoms with Crippen LogP contribution in [0.1, 0.15) is 19.4 Å². The second-order valence-corrected chi connectivity index (χ2v) is 5.79. The van der Waals surface area contributed by atoms with Gasteiger partial charge in [0.25, 0.3) is 0 Å². The van der Waals surface area contributed by atoms with Crippen molar-refractivity contribution in [3.05, 3.63) is 78.5 Å². The molecule has 0 bridgehead atoms. The van der Waals surface area contributed by atoms with Gasteiger partial charge in [-0.3, -0.25) is 0 Å². The van der Waals surface area contributed by atoms with Crippen molar-refractivity contribution < 1.29 is 0 Å². The molecular weight excluding hydrogens is 308 g/mol. The summed E-state index contributed by atoms with van der Waals surface area (Å²) in [7, 11) is 0. The number of nitrogens with zero attached hydrogens (tertiary/aromatic N) is 4. The Balaban J connectivity index is 1.98. The van der Waals surface area contributed by atoms with Gasteiger partial charge in [-0.2, -0.15) is 4.98 Å². The van der Waals surface area contributed by atoms with Crippen molar-refractivity contribution in [1.29, 1.82) is 0 Å². The van der Waals surface area contributed by atoms with Crippen LogP contribution in [0.5, 0.6) is 0 Å². The average Bonchev–Trinajstić information content (AvgIpc) is 2.69. The number of aromatic nitrogens is 2. The zero-order valence-electron chi connectivity index (χ0n) is 14.8. The highest BCUT2D eigenvalue weighted by molar-refractivity contribution is 5.58. The van der Waals surface area contributed by atoms with Gasteiger partial charge in [0.2, 0.25) is 5.95 Å². The molecule has 0 unspecified atom stereocenters. The van der Waals surface area contributed by atoms with Crippen molar-refractivity contribution in [3.8, 4) is 0 Å². The van der Waals surface area contributed by atoms with Crippen LogP contribution in [-0.2, 0) is 6.54 Å². The third kappa shape index (κ3) is 4.15. The zero-order chi connectivity index (χ0) is 17.5. The molecule has 2 aromatic carbocycles. The molecule has 0 atom stereocenters. The third-order valence-corrected chi connectivity index (χ3v) is 4.21. The Labute approximate surface area is 149 Å². The summed E-state index contributed by atoms with van der Waals surface area (Å²) in [6.07, 6.45) is 1.84. The van der Waals surface area contributed by atoms with Crippen molar-refractivity contribution in [2.75, 3.05) is 22.9 Å². The van der Waals surface area contributed by atoms with Gasteiger partial charge in [0.1, 0.15) is 5.82 Å². The summed E-state index contributed by atoms with van der Waals surface area (Å²) >= 11 is 0. The van der Waals surface area contributed by atoms with Crippen LogP contribution in [0.25, 0.3) is 0 Å². The van der Waals surface area contributed by atoms with Gasteiger partial charge < -0.3 is 9.80 Å². The first-order valence-corrected chi connectivity index (χ1v) is 8.76.